The summed E-state index contributed by atoms with van der Waals surface area (Å²) in [6.45, 7) is 31.3. The van der Waals surface area contributed by atoms with E-state index in [2.05, 4.69) is 388 Å². The van der Waals surface area contributed by atoms with Crippen molar-refractivity contribution in [2.45, 2.75) is 109 Å². The lowest BCUT2D eigenvalue weighted by atomic mass is 9.84. The molecule has 0 nitrogen and oxygen atoms in total. The molecule has 124 heavy (non-hydrogen) atoms. The van der Waals surface area contributed by atoms with Gasteiger partial charge in [0.15, 0.2) is 0 Å². The molecular weight excluding hydrogens is 1570 g/mol. The predicted molar refractivity (Wildman–Crippen MR) is 551 cm³/mol. The Morgan fingerprint density at radius 3 is 0.726 bits per heavy atom. The number of hydrogen-bond donors (Lipinski definition) is 0. The average molecular weight is 1660 g/mol. The minimum atomic E-state index is 0.470. The van der Waals surface area contributed by atoms with Crippen LogP contribution in [0.25, 0.3) is 234 Å². The number of aryl methyl sites for hydroxylation is 10. The first-order valence-electron chi connectivity index (χ1n) is 43.8. The summed E-state index contributed by atoms with van der Waals surface area (Å²) in [6.07, 6.45) is 0. The van der Waals surface area contributed by atoms with Gasteiger partial charge in [-0.05, 0) is 319 Å². The quantitative estimate of drug-likeness (QED) is 0.120. The zero-order valence-electron chi connectivity index (χ0n) is 72.5. The van der Waals surface area contributed by atoms with Crippen molar-refractivity contribution in [3.05, 3.63) is 358 Å². The van der Waals surface area contributed by atoms with Gasteiger partial charge in [0.25, 0.3) is 0 Å². The minimum absolute atomic E-state index is 0.470. The largest absolute Gasteiger partial charge is 0.135 e. The Morgan fingerprint density at radius 2 is 0.435 bits per heavy atom. The average Bonchev–Trinajstić information content (AvgIpc) is 1.39. The molecule has 0 spiro atoms. The van der Waals surface area contributed by atoms with Crippen molar-refractivity contribution in [1.82, 2.24) is 0 Å². The zero-order valence-corrected chi connectivity index (χ0v) is 75.8. The van der Waals surface area contributed by atoms with E-state index in [1.54, 1.807) is 0 Å². The van der Waals surface area contributed by atoms with E-state index in [9.17, 15) is 0 Å². The van der Waals surface area contributed by atoms with Crippen molar-refractivity contribution in [1.29, 1.82) is 0 Å². The van der Waals surface area contributed by atoms with E-state index in [-0.39, 0.29) is 0 Å². The monoisotopic (exact) mass is 1660 g/mol. The molecule has 0 aliphatic heterocycles. The van der Waals surface area contributed by atoms with E-state index in [1.807, 2.05) is 45.3 Å². The third-order valence-corrected chi connectivity index (χ3v) is 31.9. The Balaban J connectivity index is 0.000000144. The smallest absolute Gasteiger partial charge is 0.0434 e. The van der Waals surface area contributed by atoms with E-state index in [4.69, 9.17) is 0 Å². The van der Waals surface area contributed by atoms with Crippen LogP contribution in [0, 0.1) is 69.2 Å². The first kappa shape index (κ1) is 76.3. The maximum absolute atomic E-state index is 2.56. The van der Waals surface area contributed by atoms with Crippen molar-refractivity contribution < 1.29 is 0 Å². The van der Waals surface area contributed by atoms with Gasteiger partial charge in [0.1, 0.15) is 0 Å². The predicted octanol–water partition coefficient (Wildman–Crippen LogP) is 37.3. The van der Waals surface area contributed by atoms with E-state index < -0.39 is 0 Å². The van der Waals surface area contributed by atoms with Crippen LogP contribution in [0.3, 0.4) is 0 Å². The fourth-order valence-electron chi connectivity index (χ4n) is 21.3. The lowest BCUT2D eigenvalue weighted by Crippen LogP contribution is -1.93. The molecule has 0 atom stereocenters. The van der Waals surface area contributed by atoms with Crippen molar-refractivity contribution in [3.63, 3.8) is 0 Å². The summed E-state index contributed by atoms with van der Waals surface area (Å²) < 4.78 is 10.8. The summed E-state index contributed by atoms with van der Waals surface area (Å²) in [7, 11) is 0. The lowest BCUT2D eigenvalue weighted by Gasteiger charge is -2.20. The molecule has 20 aromatic carbocycles. The summed E-state index contributed by atoms with van der Waals surface area (Å²) in [6, 6.07) is 113. The lowest BCUT2D eigenvalue weighted by molar-refractivity contribution is 0.867. The molecule has 0 unspecified atom stereocenters. The van der Waals surface area contributed by atoms with Gasteiger partial charge >= 0.3 is 0 Å². The molecule has 4 heterocycles. The van der Waals surface area contributed by atoms with Crippen LogP contribution in [0.1, 0.15) is 106 Å². The maximum atomic E-state index is 2.56. The topological polar surface area (TPSA) is 0 Å². The Bertz CT molecular complexity index is 8050. The van der Waals surface area contributed by atoms with Crippen LogP contribution in [0.5, 0.6) is 0 Å². The molecule has 24 rings (SSSR count). The Morgan fingerprint density at radius 1 is 0.177 bits per heavy atom. The van der Waals surface area contributed by atoms with E-state index in [0.717, 1.165) is 0 Å². The van der Waals surface area contributed by atoms with Crippen LogP contribution in [-0.2, 0) is 0 Å². The van der Waals surface area contributed by atoms with Crippen LogP contribution < -0.4 is 0 Å². The highest BCUT2D eigenvalue weighted by Gasteiger charge is 2.28. The molecule has 0 bridgehead atoms. The van der Waals surface area contributed by atoms with Gasteiger partial charge in [0, 0.05) is 102 Å². The molecule has 0 N–H and O–H groups in total. The Hall–Kier alpha value is -12.6. The van der Waals surface area contributed by atoms with Crippen molar-refractivity contribution in [2.24, 2.45) is 0 Å². The SMILES string of the molecule is Cc1cc(C)cc(-c2ccc3c(c2)sc2c3cc3c(-c4ccc(C(C)C)cc4)cc4c5sc6cc(-c7cc(C)cc(C)c7)ccc6c5cc5c(-c6ccc(C(C)C)cc6)cc2c3c54)c1.Cc1cccc(-c2cc3c4sc5cc(-c6c(C)cccc6C)ccc5c4cc4c(-c5cccc(C)c5)cc5c6sc7cc(-c8c(C)cccc8C)ccc7c6cc2c5c43)c1. The fraction of sp³-hybridized carbons (Fsp3) is 0.133. The van der Waals surface area contributed by atoms with Crippen molar-refractivity contribution >= 4 is 191 Å². The molecule has 0 saturated carbocycles. The molecule has 0 aliphatic carbocycles. The van der Waals surface area contributed by atoms with Crippen LogP contribution >= 0.6 is 45.3 Å². The van der Waals surface area contributed by atoms with E-state index in [1.165, 1.54) is 301 Å². The highest BCUT2D eigenvalue weighted by Crippen LogP contribution is 2.57. The Kier molecular flexibility index (Phi) is 17.8. The summed E-state index contributed by atoms with van der Waals surface area (Å²) in [5, 5.41) is 26.9. The fourth-order valence-corrected chi connectivity index (χ4v) is 26.2. The van der Waals surface area contributed by atoms with E-state index >= 15 is 0 Å². The number of fused-ring (bicyclic) bond motifs is 16. The second kappa shape index (κ2) is 29.0. The van der Waals surface area contributed by atoms with Gasteiger partial charge in [-0.3, -0.25) is 0 Å². The van der Waals surface area contributed by atoms with Crippen LogP contribution in [0.2, 0.25) is 0 Å². The standard InChI is InChI=1S/C62H50S2.C58H42S2/c1-33(2)39-9-13-41(14-10-39)49-29-55-60-52(32-54-48-20-18-44(28-58(48)63-61(54)55)46-25-37(7)22-38(8)26-46)50(42-15-11-40(12-16-42)34(3)4)30-56-59(60)51(49)31-53-47-19-17-43(27-57(47)64-62(53)56)45-23-35(5)21-36(6)24-45;1-31-11-7-17-37(23-31)43-27-49-56-46(30-48-42-22-20-40(26-52(42)59-57(48)49)54-35(5)15-10-16-36(54)6)44(38-18-8-12-32(2)24-38)28-50-55(56)45(43)29-47-41-21-19-39(25-51(41)60-58(47)50)53-33(3)13-9-14-34(53)4/h9-34H,1-8H3;7-30H,1-6H3. The third kappa shape index (κ3) is 12.3. The Labute approximate surface area is 740 Å². The van der Waals surface area contributed by atoms with Crippen LogP contribution in [0.4, 0.5) is 0 Å². The van der Waals surface area contributed by atoms with Crippen molar-refractivity contribution in [2.75, 3.05) is 0 Å². The van der Waals surface area contributed by atoms with Gasteiger partial charge in [-0.1, -0.05) is 279 Å². The summed E-state index contributed by atoms with van der Waals surface area (Å²) in [5.41, 5.74) is 36.4. The number of benzene rings is 20. The van der Waals surface area contributed by atoms with Gasteiger partial charge in [0.2, 0.25) is 0 Å². The first-order chi connectivity index (χ1) is 60.1. The summed E-state index contributed by atoms with van der Waals surface area (Å²) in [5.74, 6) is 0.940. The van der Waals surface area contributed by atoms with Crippen LogP contribution in [0.15, 0.2) is 291 Å². The zero-order chi connectivity index (χ0) is 84.3. The van der Waals surface area contributed by atoms with Gasteiger partial charge in [0.05, 0.1) is 0 Å². The second-order valence-electron chi connectivity index (χ2n) is 36.4. The van der Waals surface area contributed by atoms with Crippen molar-refractivity contribution in [3.8, 4) is 89.0 Å². The highest BCUT2D eigenvalue weighted by atomic mass is 32.1. The van der Waals surface area contributed by atoms with Gasteiger partial charge < -0.3 is 0 Å². The molecule has 596 valence electrons. The maximum Gasteiger partial charge on any atom is 0.0434 e. The molecular formula is C120H92S4. The van der Waals surface area contributed by atoms with Gasteiger partial charge in [-0.2, -0.15) is 0 Å². The molecule has 24 aromatic rings. The molecule has 0 radical (unpaired) electrons. The van der Waals surface area contributed by atoms with Crippen LogP contribution in [-0.4, -0.2) is 0 Å². The minimum Gasteiger partial charge on any atom is -0.135 e. The summed E-state index contributed by atoms with van der Waals surface area (Å²) in [4.78, 5) is 0. The molecule has 0 saturated heterocycles. The van der Waals surface area contributed by atoms with Gasteiger partial charge in [-0.15, -0.1) is 45.3 Å². The second-order valence-corrected chi connectivity index (χ2v) is 40.6. The normalized spacial score (nSPS) is 12.3. The van der Waals surface area contributed by atoms with E-state index in [0.29, 0.717) is 11.8 Å². The molecule has 4 aromatic heterocycles. The summed E-state index contributed by atoms with van der Waals surface area (Å²) >= 11 is 7.84. The highest BCUT2D eigenvalue weighted by molar-refractivity contribution is 7.28. The number of rotatable bonds is 10. The first-order valence-corrected chi connectivity index (χ1v) is 47.1. The molecule has 0 amide bonds. The van der Waals surface area contributed by atoms with Gasteiger partial charge in [-0.25, -0.2) is 0 Å². The third-order valence-electron chi connectivity index (χ3n) is 27.1. The number of hydrogen-bond acceptors (Lipinski definition) is 4. The molecule has 0 fully saturated rings. The molecule has 4 heteroatoms. The number of thiophene rings is 4. The molecule has 0 aliphatic rings.